The predicted octanol–water partition coefficient (Wildman–Crippen LogP) is 2.03. The zero-order valence-electron chi connectivity index (χ0n) is 13.5. The van der Waals surface area contributed by atoms with Gasteiger partial charge in [-0.25, -0.2) is 14.4 Å². The molecule has 7 nitrogen and oxygen atoms in total. The van der Waals surface area contributed by atoms with Crippen molar-refractivity contribution < 1.29 is 23.9 Å². The van der Waals surface area contributed by atoms with Crippen molar-refractivity contribution in [2.24, 2.45) is 0 Å². The van der Waals surface area contributed by atoms with Crippen LogP contribution in [0.2, 0.25) is 5.02 Å². The van der Waals surface area contributed by atoms with Gasteiger partial charge in [0.1, 0.15) is 6.61 Å². The summed E-state index contributed by atoms with van der Waals surface area (Å²) in [6.45, 7) is 1.63. The van der Waals surface area contributed by atoms with E-state index in [1.807, 2.05) is 0 Å². The van der Waals surface area contributed by atoms with Crippen LogP contribution in [-0.2, 0) is 19.1 Å². The maximum absolute atomic E-state index is 11.9. The topological polar surface area (TPSA) is 93.7 Å². The molecule has 1 aliphatic heterocycles. The van der Waals surface area contributed by atoms with E-state index < -0.39 is 18.0 Å². The zero-order valence-corrected chi connectivity index (χ0v) is 14.3. The van der Waals surface area contributed by atoms with Gasteiger partial charge in [-0.3, -0.25) is 0 Å². The van der Waals surface area contributed by atoms with Crippen LogP contribution in [0, 0.1) is 0 Å². The van der Waals surface area contributed by atoms with Gasteiger partial charge in [0.25, 0.3) is 0 Å². The van der Waals surface area contributed by atoms with Crippen LogP contribution in [0.3, 0.4) is 0 Å². The number of halogens is 1. The van der Waals surface area contributed by atoms with Gasteiger partial charge in [0.15, 0.2) is 0 Å². The first kappa shape index (κ1) is 18.5. The largest absolute Gasteiger partial charge is 0.463 e. The Bertz CT molecular complexity index is 742. The normalized spacial score (nSPS) is 14.1. The van der Waals surface area contributed by atoms with E-state index in [9.17, 15) is 14.4 Å². The quantitative estimate of drug-likeness (QED) is 0.595. The van der Waals surface area contributed by atoms with Crippen molar-refractivity contribution in [1.29, 1.82) is 0 Å². The van der Waals surface area contributed by atoms with Crippen molar-refractivity contribution in [2.45, 2.75) is 6.92 Å². The molecule has 25 heavy (non-hydrogen) atoms. The highest BCUT2D eigenvalue weighted by atomic mass is 35.5. The van der Waals surface area contributed by atoms with Crippen molar-refractivity contribution in [2.75, 3.05) is 19.8 Å². The van der Waals surface area contributed by atoms with E-state index in [1.165, 1.54) is 6.08 Å². The SMILES string of the molecule is CCOC(=O)C1=C(COC(=O)/C=C/c2cccc(Cl)c2)NC(=O)NC1. The molecule has 0 saturated carbocycles. The van der Waals surface area contributed by atoms with E-state index in [0.717, 1.165) is 5.56 Å². The fraction of sp³-hybridized carbons (Fsp3) is 0.235. The van der Waals surface area contributed by atoms with Crippen molar-refractivity contribution in [3.05, 3.63) is 52.2 Å². The molecule has 0 radical (unpaired) electrons. The highest BCUT2D eigenvalue weighted by Gasteiger charge is 2.24. The highest BCUT2D eigenvalue weighted by Crippen LogP contribution is 2.12. The van der Waals surface area contributed by atoms with Crippen LogP contribution < -0.4 is 10.6 Å². The molecule has 2 amide bonds. The third-order valence-electron chi connectivity index (χ3n) is 3.20. The summed E-state index contributed by atoms with van der Waals surface area (Å²) in [6.07, 6.45) is 2.79. The van der Waals surface area contributed by atoms with Crippen LogP contribution in [0.15, 0.2) is 41.6 Å². The monoisotopic (exact) mass is 364 g/mol. The van der Waals surface area contributed by atoms with Crippen molar-refractivity contribution in [1.82, 2.24) is 10.6 Å². The van der Waals surface area contributed by atoms with E-state index in [4.69, 9.17) is 21.1 Å². The van der Waals surface area contributed by atoms with Gasteiger partial charge in [0.05, 0.1) is 24.4 Å². The molecular formula is C17H17ClN2O5. The second-order valence-electron chi connectivity index (χ2n) is 4.98. The second-order valence-corrected chi connectivity index (χ2v) is 5.42. The fourth-order valence-corrected chi connectivity index (χ4v) is 2.23. The number of ether oxygens (including phenoxy) is 2. The summed E-state index contributed by atoms with van der Waals surface area (Å²) in [5, 5.41) is 5.47. The van der Waals surface area contributed by atoms with Crippen LogP contribution in [0.4, 0.5) is 4.79 Å². The molecule has 1 aromatic rings. The molecule has 2 rings (SSSR count). The van der Waals surface area contributed by atoms with Crippen molar-refractivity contribution in [3.63, 3.8) is 0 Å². The van der Waals surface area contributed by atoms with Crippen LogP contribution in [0.25, 0.3) is 6.08 Å². The molecule has 0 atom stereocenters. The summed E-state index contributed by atoms with van der Waals surface area (Å²) in [5.41, 5.74) is 1.16. The first-order chi connectivity index (χ1) is 12.0. The van der Waals surface area contributed by atoms with Crippen molar-refractivity contribution >= 4 is 35.6 Å². The van der Waals surface area contributed by atoms with Crippen LogP contribution in [0.5, 0.6) is 0 Å². The lowest BCUT2D eigenvalue weighted by Crippen LogP contribution is -2.45. The molecule has 0 bridgehead atoms. The molecule has 0 aromatic heterocycles. The van der Waals surface area contributed by atoms with Gasteiger partial charge in [0.2, 0.25) is 0 Å². The fourth-order valence-electron chi connectivity index (χ4n) is 2.03. The number of benzene rings is 1. The summed E-state index contributed by atoms with van der Waals surface area (Å²) in [4.78, 5) is 35.1. The molecule has 0 aliphatic carbocycles. The number of hydrogen-bond donors (Lipinski definition) is 2. The zero-order chi connectivity index (χ0) is 18.2. The Morgan fingerprint density at radius 1 is 1.32 bits per heavy atom. The average Bonchev–Trinajstić information content (AvgIpc) is 2.58. The van der Waals surface area contributed by atoms with E-state index in [-0.39, 0.29) is 31.0 Å². The number of urea groups is 1. The van der Waals surface area contributed by atoms with Gasteiger partial charge in [-0.1, -0.05) is 23.7 Å². The molecule has 0 unspecified atom stereocenters. The van der Waals surface area contributed by atoms with Crippen LogP contribution in [0.1, 0.15) is 12.5 Å². The number of esters is 2. The summed E-state index contributed by atoms with van der Waals surface area (Å²) >= 11 is 5.86. The Balaban J connectivity index is 2.00. The first-order valence-corrected chi connectivity index (χ1v) is 7.91. The van der Waals surface area contributed by atoms with E-state index >= 15 is 0 Å². The van der Waals surface area contributed by atoms with Gasteiger partial charge in [0, 0.05) is 11.1 Å². The van der Waals surface area contributed by atoms with Crippen LogP contribution >= 0.6 is 11.6 Å². The highest BCUT2D eigenvalue weighted by molar-refractivity contribution is 6.30. The van der Waals surface area contributed by atoms with Gasteiger partial charge < -0.3 is 20.1 Å². The third kappa shape index (κ3) is 5.65. The molecule has 0 fully saturated rings. The standard InChI is InChI=1S/C17H17ClN2O5/c1-2-24-16(22)13-9-19-17(23)20-14(13)10-25-15(21)7-6-11-4-3-5-12(18)8-11/h3-8H,2,9-10H2,1H3,(H2,19,20,23)/b7-6+. The lowest BCUT2D eigenvalue weighted by atomic mass is 10.1. The molecule has 132 valence electrons. The summed E-state index contributed by atoms with van der Waals surface area (Å²) in [7, 11) is 0. The second kappa shape index (κ2) is 8.89. The molecule has 1 heterocycles. The van der Waals surface area contributed by atoms with E-state index in [1.54, 1.807) is 37.3 Å². The minimum atomic E-state index is -0.622. The summed E-state index contributed by atoms with van der Waals surface area (Å²) < 4.78 is 9.99. The molecular weight excluding hydrogens is 348 g/mol. The summed E-state index contributed by atoms with van der Waals surface area (Å²) in [5.74, 6) is -1.20. The minimum Gasteiger partial charge on any atom is -0.463 e. The minimum absolute atomic E-state index is 0.00983. The van der Waals surface area contributed by atoms with Gasteiger partial charge in [-0.2, -0.15) is 0 Å². The Kier molecular flexibility index (Phi) is 6.59. The lowest BCUT2D eigenvalue weighted by Gasteiger charge is -2.20. The maximum Gasteiger partial charge on any atom is 0.337 e. The molecule has 1 aliphatic rings. The molecule has 0 saturated heterocycles. The number of rotatable bonds is 6. The third-order valence-corrected chi connectivity index (χ3v) is 3.43. The Morgan fingerprint density at radius 2 is 2.12 bits per heavy atom. The number of hydrogen-bond acceptors (Lipinski definition) is 5. The Labute approximate surface area is 149 Å². The smallest absolute Gasteiger partial charge is 0.337 e. The first-order valence-electron chi connectivity index (χ1n) is 7.54. The predicted molar refractivity (Wildman–Crippen MR) is 91.6 cm³/mol. The molecule has 8 heteroatoms. The number of nitrogens with one attached hydrogen (secondary N) is 2. The van der Waals surface area contributed by atoms with Crippen molar-refractivity contribution in [3.8, 4) is 0 Å². The molecule has 0 spiro atoms. The lowest BCUT2D eigenvalue weighted by molar-refractivity contribution is -0.140. The van der Waals surface area contributed by atoms with Gasteiger partial charge in [-0.05, 0) is 30.7 Å². The number of amides is 2. The summed E-state index contributed by atoms with van der Waals surface area (Å²) in [6, 6.07) is 6.48. The Hall–Kier alpha value is -2.80. The average molecular weight is 365 g/mol. The Morgan fingerprint density at radius 3 is 2.84 bits per heavy atom. The molecule has 2 N–H and O–H groups in total. The van der Waals surface area contributed by atoms with Gasteiger partial charge >= 0.3 is 18.0 Å². The van der Waals surface area contributed by atoms with Crippen LogP contribution in [-0.4, -0.2) is 37.7 Å². The van der Waals surface area contributed by atoms with E-state index in [2.05, 4.69) is 10.6 Å². The number of carbonyl (C=O) groups excluding carboxylic acids is 3. The van der Waals surface area contributed by atoms with E-state index in [0.29, 0.717) is 5.02 Å². The van der Waals surface area contributed by atoms with Gasteiger partial charge in [-0.15, -0.1) is 0 Å². The maximum atomic E-state index is 11.9. The number of carbonyl (C=O) groups is 3. The molecule has 1 aromatic carbocycles.